The summed E-state index contributed by atoms with van der Waals surface area (Å²) in [6, 6.07) is 17.8. The number of hydrogen-bond donors (Lipinski definition) is 3. The van der Waals surface area contributed by atoms with Crippen molar-refractivity contribution in [2.75, 3.05) is 11.3 Å². The Morgan fingerprint density at radius 2 is 1.47 bits per heavy atom. The first-order valence-corrected chi connectivity index (χ1v) is 12.3. The van der Waals surface area contributed by atoms with E-state index in [-0.39, 0.29) is 21.9 Å². The number of halogens is 2. The zero-order valence-electron chi connectivity index (χ0n) is 19.5. The van der Waals surface area contributed by atoms with Gasteiger partial charge in [0.2, 0.25) is 0 Å². The molecule has 36 heavy (non-hydrogen) atoms. The van der Waals surface area contributed by atoms with E-state index in [4.69, 9.17) is 4.74 Å². The van der Waals surface area contributed by atoms with E-state index in [1.807, 2.05) is 6.92 Å². The highest BCUT2D eigenvalue weighted by Crippen LogP contribution is 2.21. The van der Waals surface area contributed by atoms with E-state index in [9.17, 15) is 22.0 Å². The maximum absolute atomic E-state index is 12.6. The fourth-order valence-electron chi connectivity index (χ4n) is 3.11. The molecule has 190 valence electrons. The Morgan fingerprint density at radius 1 is 0.889 bits per heavy atom. The third-order valence-corrected chi connectivity index (χ3v) is 6.23. The molecule has 1 amide bonds. The molecule has 0 aliphatic heterocycles. The smallest absolute Gasteiger partial charge is 0.387 e. The van der Waals surface area contributed by atoms with Crippen molar-refractivity contribution in [1.29, 1.82) is 0 Å². The van der Waals surface area contributed by atoms with E-state index in [0.717, 1.165) is 0 Å². The van der Waals surface area contributed by atoms with Gasteiger partial charge < -0.3 is 9.47 Å². The number of alkyl halides is 2. The molecule has 0 atom stereocenters. The molecule has 0 aliphatic rings. The third kappa shape index (κ3) is 7.19. The number of sulfonamides is 1. The van der Waals surface area contributed by atoms with Gasteiger partial charge in [0.25, 0.3) is 15.9 Å². The van der Waals surface area contributed by atoms with E-state index < -0.39 is 22.5 Å². The standard InChI is InChI=1S/C25H25F2N3O5S/c1-3-23(17-7-11-21(12-8-17)35-25(26)27)28-29-24(31)18-5-9-19(10-6-18)30-36(32,33)22-15-13-20(14-16-22)34-4-2/h3,5-16,25,28,30H,4H2,1-2H3,(H,29,31)/b23-3+. The number of hydrazine groups is 1. The summed E-state index contributed by atoms with van der Waals surface area (Å²) in [6.07, 6.45) is 1.70. The number of benzene rings is 3. The first-order chi connectivity index (χ1) is 17.2. The summed E-state index contributed by atoms with van der Waals surface area (Å²) in [6.45, 7) is 1.13. The number of allylic oxidation sites excluding steroid dienone is 1. The van der Waals surface area contributed by atoms with Gasteiger partial charge in [-0.25, -0.2) is 8.42 Å². The molecule has 0 aromatic heterocycles. The number of nitrogens with one attached hydrogen (secondary N) is 3. The summed E-state index contributed by atoms with van der Waals surface area (Å²) in [5.74, 6) is 0.124. The van der Waals surface area contributed by atoms with Gasteiger partial charge >= 0.3 is 6.61 Å². The van der Waals surface area contributed by atoms with Gasteiger partial charge in [-0.1, -0.05) is 6.08 Å². The fourth-order valence-corrected chi connectivity index (χ4v) is 4.17. The maximum atomic E-state index is 12.6. The molecule has 3 N–H and O–H groups in total. The van der Waals surface area contributed by atoms with Crippen LogP contribution in [0.2, 0.25) is 0 Å². The quantitative estimate of drug-likeness (QED) is 0.316. The van der Waals surface area contributed by atoms with Crippen LogP contribution in [-0.4, -0.2) is 27.5 Å². The third-order valence-electron chi connectivity index (χ3n) is 4.83. The Balaban J connectivity index is 1.59. The Hall–Kier alpha value is -4.12. The second-order valence-electron chi connectivity index (χ2n) is 7.27. The molecule has 0 radical (unpaired) electrons. The number of carbonyl (C=O) groups is 1. The van der Waals surface area contributed by atoms with E-state index in [0.29, 0.717) is 23.6 Å². The second kappa shape index (κ2) is 12.0. The average Bonchev–Trinajstić information content (AvgIpc) is 2.85. The maximum Gasteiger partial charge on any atom is 0.387 e. The summed E-state index contributed by atoms with van der Waals surface area (Å²) < 4.78 is 62.0. The molecule has 3 aromatic carbocycles. The average molecular weight is 518 g/mol. The van der Waals surface area contributed by atoms with E-state index in [1.54, 1.807) is 37.3 Å². The monoisotopic (exact) mass is 517 g/mol. The lowest BCUT2D eigenvalue weighted by molar-refractivity contribution is -0.0498. The van der Waals surface area contributed by atoms with Crippen molar-refractivity contribution >= 4 is 27.3 Å². The number of carbonyl (C=O) groups excluding carboxylic acids is 1. The van der Waals surface area contributed by atoms with Crippen LogP contribution in [0.3, 0.4) is 0 Å². The van der Waals surface area contributed by atoms with Crippen LogP contribution in [0.15, 0.2) is 83.8 Å². The van der Waals surface area contributed by atoms with Crippen LogP contribution in [0, 0.1) is 0 Å². The molecule has 0 fully saturated rings. The van der Waals surface area contributed by atoms with Crippen molar-refractivity contribution in [3.05, 3.63) is 90.0 Å². The summed E-state index contributed by atoms with van der Waals surface area (Å²) in [5.41, 5.74) is 7.07. The number of ether oxygens (including phenoxy) is 2. The van der Waals surface area contributed by atoms with Crippen molar-refractivity contribution in [1.82, 2.24) is 10.9 Å². The highest BCUT2D eigenvalue weighted by atomic mass is 32.2. The van der Waals surface area contributed by atoms with E-state index in [2.05, 4.69) is 20.3 Å². The van der Waals surface area contributed by atoms with Crippen molar-refractivity contribution < 1.29 is 31.5 Å². The molecular formula is C25H25F2N3O5S. The van der Waals surface area contributed by atoms with Gasteiger partial charge in [0.1, 0.15) is 11.5 Å². The molecule has 0 saturated carbocycles. The Morgan fingerprint density at radius 3 is 2.03 bits per heavy atom. The van der Waals surface area contributed by atoms with Crippen LogP contribution in [0.25, 0.3) is 5.70 Å². The number of anilines is 1. The SMILES string of the molecule is C/C=C(/NNC(=O)c1ccc(NS(=O)(=O)c2ccc(OCC)cc2)cc1)c1ccc(OC(F)F)cc1. The Kier molecular flexibility index (Phi) is 8.85. The second-order valence-corrected chi connectivity index (χ2v) is 8.95. The number of rotatable bonds is 11. The Labute approximate surface area is 208 Å². The molecule has 0 heterocycles. The minimum absolute atomic E-state index is 0.0199. The first kappa shape index (κ1) is 26.5. The van der Waals surface area contributed by atoms with Gasteiger partial charge in [0.05, 0.1) is 17.2 Å². The van der Waals surface area contributed by atoms with Crippen LogP contribution in [0.4, 0.5) is 14.5 Å². The van der Waals surface area contributed by atoms with Crippen LogP contribution < -0.4 is 25.0 Å². The van der Waals surface area contributed by atoms with Gasteiger partial charge in [-0.2, -0.15) is 8.78 Å². The zero-order valence-corrected chi connectivity index (χ0v) is 20.3. The normalized spacial score (nSPS) is 11.6. The van der Waals surface area contributed by atoms with E-state index in [1.165, 1.54) is 48.5 Å². The largest absolute Gasteiger partial charge is 0.494 e. The van der Waals surface area contributed by atoms with Crippen molar-refractivity contribution in [2.24, 2.45) is 0 Å². The zero-order chi connectivity index (χ0) is 26.1. The lowest BCUT2D eigenvalue weighted by Crippen LogP contribution is -2.36. The molecule has 0 bridgehead atoms. The number of amides is 1. The molecule has 8 nitrogen and oxygen atoms in total. The van der Waals surface area contributed by atoms with Crippen molar-refractivity contribution in [2.45, 2.75) is 25.4 Å². The number of hydrogen-bond acceptors (Lipinski definition) is 6. The minimum Gasteiger partial charge on any atom is -0.494 e. The summed E-state index contributed by atoms with van der Waals surface area (Å²) >= 11 is 0. The topological polar surface area (TPSA) is 106 Å². The van der Waals surface area contributed by atoms with Crippen LogP contribution in [-0.2, 0) is 10.0 Å². The van der Waals surface area contributed by atoms with Gasteiger partial charge in [0.15, 0.2) is 0 Å². The molecular weight excluding hydrogens is 492 g/mol. The van der Waals surface area contributed by atoms with Gasteiger partial charge in [-0.05, 0) is 92.2 Å². The molecule has 3 rings (SSSR count). The summed E-state index contributed by atoms with van der Waals surface area (Å²) in [4.78, 5) is 12.6. The fraction of sp³-hybridized carbons (Fsp3) is 0.160. The minimum atomic E-state index is -3.82. The molecule has 0 aliphatic carbocycles. The lowest BCUT2D eigenvalue weighted by atomic mass is 10.1. The summed E-state index contributed by atoms with van der Waals surface area (Å²) in [5, 5.41) is 0. The highest BCUT2D eigenvalue weighted by Gasteiger charge is 2.15. The van der Waals surface area contributed by atoms with E-state index >= 15 is 0 Å². The predicted octanol–water partition coefficient (Wildman–Crippen LogP) is 4.78. The molecule has 0 spiro atoms. The molecule has 3 aromatic rings. The van der Waals surface area contributed by atoms with Gasteiger partial charge in [0, 0.05) is 11.3 Å². The molecule has 11 heteroatoms. The molecule has 0 unspecified atom stereocenters. The Bertz CT molecular complexity index is 1300. The highest BCUT2D eigenvalue weighted by molar-refractivity contribution is 7.92. The summed E-state index contributed by atoms with van der Waals surface area (Å²) in [7, 11) is -3.82. The van der Waals surface area contributed by atoms with Crippen molar-refractivity contribution in [3.63, 3.8) is 0 Å². The van der Waals surface area contributed by atoms with Crippen LogP contribution in [0.1, 0.15) is 29.8 Å². The lowest BCUT2D eigenvalue weighted by Gasteiger charge is -2.13. The van der Waals surface area contributed by atoms with Crippen LogP contribution >= 0.6 is 0 Å². The van der Waals surface area contributed by atoms with Crippen LogP contribution in [0.5, 0.6) is 11.5 Å². The van der Waals surface area contributed by atoms with Gasteiger partial charge in [-0.3, -0.25) is 20.4 Å². The predicted molar refractivity (Wildman–Crippen MR) is 132 cm³/mol. The first-order valence-electron chi connectivity index (χ1n) is 10.9. The molecule has 0 saturated heterocycles. The van der Waals surface area contributed by atoms with Crippen molar-refractivity contribution in [3.8, 4) is 11.5 Å². The van der Waals surface area contributed by atoms with Gasteiger partial charge in [-0.15, -0.1) is 0 Å².